The van der Waals surface area contributed by atoms with Gasteiger partial charge in [0.1, 0.15) is 0 Å². The molecule has 0 aliphatic heterocycles. The van der Waals surface area contributed by atoms with Crippen molar-refractivity contribution in [3.63, 3.8) is 0 Å². The molecule has 0 N–H and O–H groups in total. The first-order chi connectivity index (χ1) is 23.2. The first kappa shape index (κ1) is 27.9. The van der Waals surface area contributed by atoms with Gasteiger partial charge in [0.2, 0.25) is 0 Å². The highest BCUT2D eigenvalue weighted by Gasteiger charge is 2.29. The van der Waals surface area contributed by atoms with Gasteiger partial charge in [0.25, 0.3) is 0 Å². The first-order valence-electron chi connectivity index (χ1n) is 15.7. The molecule has 0 saturated carbocycles. The maximum absolute atomic E-state index is 14.9. The Morgan fingerprint density at radius 2 is 1.09 bits per heavy atom. The molecule has 0 aliphatic rings. The van der Waals surface area contributed by atoms with Gasteiger partial charge in [0, 0.05) is 42.3 Å². The van der Waals surface area contributed by atoms with Gasteiger partial charge in [-0.1, -0.05) is 152 Å². The summed E-state index contributed by atoms with van der Waals surface area (Å²) >= 11 is 1.82. The number of hydrogen-bond acceptors (Lipinski definition) is 3. The molecule has 4 heteroatoms. The third kappa shape index (κ3) is 4.54. The summed E-state index contributed by atoms with van der Waals surface area (Å²) in [5.41, 5.74) is 5.34. The molecule has 0 aliphatic carbocycles. The smallest absolute Gasteiger partial charge is 0.171 e. The Morgan fingerprint density at radius 1 is 0.489 bits per heavy atom. The molecule has 2 aromatic heterocycles. The average Bonchev–Trinajstić information content (AvgIpc) is 3.55. The number of fused-ring (bicyclic) bond motifs is 6. The standard InChI is InChI=1S/C43H28NOPS/c45-46(32-14-3-1-4-15-32,33-16-5-2-6-17-33)34-25-22-29(23-26-34)31-24-27-39-38(28-31)41-37-19-9-10-21-40(37)47-43(41)42(44-39)36-20-11-13-30-12-7-8-18-35(30)36/h1-28H. The molecule has 7 aromatic carbocycles. The van der Waals surface area contributed by atoms with E-state index in [1.807, 2.05) is 84.1 Å². The lowest BCUT2D eigenvalue weighted by Gasteiger charge is -2.20. The van der Waals surface area contributed by atoms with Crippen LogP contribution < -0.4 is 15.9 Å². The van der Waals surface area contributed by atoms with Gasteiger partial charge in [-0.05, 0) is 40.1 Å². The average molecular weight is 638 g/mol. The lowest BCUT2D eigenvalue weighted by atomic mass is 9.97. The number of benzene rings is 7. The van der Waals surface area contributed by atoms with Crippen molar-refractivity contribution in [3.8, 4) is 22.4 Å². The molecule has 0 unspecified atom stereocenters. The molecular formula is C43H28NOPS. The monoisotopic (exact) mass is 637 g/mol. The van der Waals surface area contributed by atoms with E-state index < -0.39 is 7.14 Å². The van der Waals surface area contributed by atoms with Gasteiger partial charge in [0.05, 0.1) is 15.9 Å². The zero-order valence-electron chi connectivity index (χ0n) is 25.4. The van der Waals surface area contributed by atoms with Crippen LogP contribution in [0, 0.1) is 0 Å². The van der Waals surface area contributed by atoms with Crippen LogP contribution in [0.5, 0.6) is 0 Å². The Balaban J connectivity index is 1.22. The van der Waals surface area contributed by atoms with Gasteiger partial charge < -0.3 is 4.57 Å². The number of nitrogens with zero attached hydrogens (tertiary/aromatic N) is 1. The molecule has 0 atom stereocenters. The molecule has 0 amide bonds. The largest absolute Gasteiger partial charge is 0.309 e. The number of rotatable bonds is 5. The van der Waals surface area contributed by atoms with E-state index in [1.165, 1.54) is 30.9 Å². The number of pyridine rings is 1. The summed E-state index contributed by atoms with van der Waals surface area (Å²) in [5.74, 6) is 0. The Kier molecular flexibility index (Phi) is 6.64. The molecule has 2 nitrogen and oxygen atoms in total. The van der Waals surface area contributed by atoms with Gasteiger partial charge in [-0.25, -0.2) is 4.98 Å². The molecule has 222 valence electrons. The second kappa shape index (κ2) is 11.2. The van der Waals surface area contributed by atoms with E-state index in [0.29, 0.717) is 0 Å². The minimum absolute atomic E-state index is 0.826. The van der Waals surface area contributed by atoms with Crippen molar-refractivity contribution in [1.82, 2.24) is 4.98 Å². The number of thiophene rings is 1. The van der Waals surface area contributed by atoms with Crippen LogP contribution in [0.4, 0.5) is 0 Å². The third-order valence-electron chi connectivity index (χ3n) is 9.16. The van der Waals surface area contributed by atoms with E-state index in [9.17, 15) is 4.57 Å². The van der Waals surface area contributed by atoms with Crippen LogP contribution >= 0.6 is 18.5 Å². The summed E-state index contributed by atoms with van der Waals surface area (Å²) in [6.07, 6.45) is 0. The van der Waals surface area contributed by atoms with Gasteiger partial charge in [-0.3, -0.25) is 0 Å². The topological polar surface area (TPSA) is 30.0 Å². The maximum atomic E-state index is 14.9. The van der Waals surface area contributed by atoms with Crippen molar-refractivity contribution in [2.45, 2.75) is 0 Å². The fourth-order valence-corrected chi connectivity index (χ4v) is 10.7. The van der Waals surface area contributed by atoms with Crippen LogP contribution in [0.15, 0.2) is 170 Å². The summed E-state index contributed by atoms with van der Waals surface area (Å²) < 4.78 is 17.4. The molecular weight excluding hydrogens is 610 g/mol. The Hall–Kier alpha value is -5.34. The van der Waals surface area contributed by atoms with Crippen molar-refractivity contribution in [3.05, 3.63) is 170 Å². The molecule has 2 heterocycles. The lowest BCUT2D eigenvalue weighted by Crippen LogP contribution is -2.24. The SMILES string of the molecule is O=P(c1ccccc1)(c1ccccc1)c1ccc(-c2ccc3nc(-c4cccc5ccccc45)c4sc5ccccc5c4c3c2)cc1. The van der Waals surface area contributed by atoms with E-state index in [1.54, 1.807) is 0 Å². The maximum Gasteiger partial charge on any atom is 0.171 e. The zero-order chi connectivity index (χ0) is 31.4. The molecule has 0 bridgehead atoms. The quantitative estimate of drug-likeness (QED) is 0.176. The highest BCUT2D eigenvalue weighted by atomic mass is 32.1. The fraction of sp³-hybridized carbons (Fsp3) is 0. The summed E-state index contributed by atoms with van der Waals surface area (Å²) in [5, 5.41) is 8.56. The van der Waals surface area contributed by atoms with Crippen molar-refractivity contribution >= 4 is 76.2 Å². The van der Waals surface area contributed by atoms with Gasteiger partial charge in [-0.15, -0.1) is 11.3 Å². The molecule has 0 saturated heterocycles. The molecule has 47 heavy (non-hydrogen) atoms. The van der Waals surface area contributed by atoms with Gasteiger partial charge in [0.15, 0.2) is 7.14 Å². The summed E-state index contributed by atoms with van der Waals surface area (Å²) in [4.78, 5) is 5.34. The minimum Gasteiger partial charge on any atom is -0.309 e. The predicted octanol–water partition coefficient (Wildman–Crippen LogP) is 10.7. The van der Waals surface area contributed by atoms with Crippen LogP contribution in [-0.4, -0.2) is 4.98 Å². The van der Waals surface area contributed by atoms with Crippen LogP contribution in [0.25, 0.3) is 64.2 Å². The van der Waals surface area contributed by atoms with E-state index in [4.69, 9.17) is 4.98 Å². The van der Waals surface area contributed by atoms with Crippen LogP contribution in [0.2, 0.25) is 0 Å². The molecule has 0 radical (unpaired) electrons. The molecule has 0 spiro atoms. The van der Waals surface area contributed by atoms with Crippen LogP contribution in [0.3, 0.4) is 0 Å². The van der Waals surface area contributed by atoms with E-state index >= 15 is 0 Å². The predicted molar refractivity (Wildman–Crippen MR) is 202 cm³/mol. The summed E-state index contributed by atoms with van der Waals surface area (Å²) in [7, 11) is -3.04. The molecule has 9 rings (SSSR count). The van der Waals surface area contributed by atoms with Crippen molar-refractivity contribution < 1.29 is 4.57 Å². The van der Waals surface area contributed by atoms with Crippen LogP contribution in [-0.2, 0) is 4.57 Å². The lowest BCUT2D eigenvalue weighted by molar-refractivity contribution is 0.592. The fourth-order valence-electron chi connectivity index (χ4n) is 6.87. The van der Waals surface area contributed by atoms with E-state index in [0.717, 1.165) is 49.2 Å². The normalized spacial score (nSPS) is 11.9. The Morgan fingerprint density at radius 3 is 1.83 bits per heavy atom. The summed E-state index contributed by atoms with van der Waals surface area (Å²) in [6, 6.07) is 58.3. The highest BCUT2D eigenvalue weighted by molar-refractivity contribution is 7.85. The minimum atomic E-state index is -3.04. The van der Waals surface area contributed by atoms with Crippen LogP contribution in [0.1, 0.15) is 0 Å². The second-order valence-electron chi connectivity index (χ2n) is 11.8. The highest BCUT2D eigenvalue weighted by Crippen LogP contribution is 2.45. The Bertz CT molecular complexity index is 2600. The van der Waals surface area contributed by atoms with Crippen molar-refractivity contribution in [1.29, 1.82) is 0 Å². The second-order valence-corrected chi connectivity index (χ2v) is 15.7. The third-order valence-corrected chi connectivity index (χ3v) is 13.4. The van der Waals surface area contributed by atoms with Gasteiger partial charge in [-0.2, -0.15) is 0 Å². The molecule has 9 aromatic rings. The summed E-state index contributed by atoms with van der Waals surface area (Å²) in [6.45, 7) is 0. The van der Waals surface area contributed by atoms with Crippen molar-refractivity contribution in [2.75, 3.05) is 0 Å². The van der Waals surface area contributed by atoms with Crippen molar-refractivity contribution in [2.24, 2.45) is 0 Å². The van der Waals surface area contributed by atoms with Gasteiger partial charge >= 0.3 is 0 Å². The molecule has 0 fully saturated rings. The number of aromatic nitrogens is 1. The Labute approximate surface area is 277 Å². The van der Waals surface area contributed by atoms with E-state index in [-0.39, 0.29) is 0 Å². The van der Waals surface area contributed by atoms with E-state index in [2.05, 4.69) is 97.1 Å². The zero-order valence-corrected chi connectivity index (χ0v) is 27.1. The number of hydrogen-bond donors (Lipinski definition) is 0. The first-order valence-corrected chi connectivity index (χ1v) is 18.3.